The van der Waals surface area contributed by atoms with Gasteiger partial charge >= 0.3 is 5.97 Å². The summed E-state index contributed by atoms with van der Waals surface area (Å²) in [4.78, 5) is 12.0. The first kappa shape index (κ1) is 20.9. The Morgan fingerprint density at radius 3 is 2.75 bits per heavy atom. The van der Waals surface area contributed by atoms with Gasteiger partial charge in [0.1, 0.15) is 0 Å². The van der Waals surface area contributed by atoms with Gasteiger partial charge in [0.25, 0.3) is 0 Å². The van der Waals surface area contributed by atoms with Crippen LogP contribution in [-0.2, 0) is 14.8 Å². The molecule has 1 heterocycles. The number of aryl methyl sites for hydroxylation is 1. The molecule has 136 valence electrons. The molecule has 2 rings (SSSR count). The van der Waals surface area contributed by atoms with Crippen LogP contribution in [0, 0.1) is 6.92 Å². The van der Waals surface area contributed by atoms with Gasteiger partial charge in [-0.2, -0.15) is 0 Å². The van der Waals surface area contributed by atoms with Crippen molar-refractivity contribution in [3.05, 3.63) is 29.3 Å². The minimum absolute atomic E-state index is 0. The van der Waals surface area contributed by atoms with Crippen LogP contribution < -0.4 is 10.0 Å². The van der Waals surface area contributed by atoms with Gasteiger partial charge in [0.05, 0.1) is 17.1 Å². The van der Waals surface area contributed by atoms with Gasteiger partial charge in [0.2, 0.25) is 10.0 Å². The molecule has 1 aliphatic rings. The van der Waals surface area contributed by atoms with Crippen molar-refractivity contribution in [3.63, 3.8) is 0 Å². The van der Waals surface area contributed by atoms with Gasteiger partial charge in [-0.3, -0.25) is 0 Å². The molecule has 1 aromatic rings. The van der Waals surface area contributed by atoms with Gasteiger partial charge in [-0.15, -0.1) is 12.4 Å². The van der Waals surface area contributed by atoms with Crippen molar-refractivity contribution >= 4 is 28.4 Å². The number of piperidine rings is 1. The minimum atomic E-state index is -3.69. The van der Waals surface area contributed by atoms with Crippen molar-refractivity contribution in [2.24, 2.45) is 0 Å². The predicted octanol–water partition coefficient (Wildman–Crippen LogP) is 2.01. The molecule has 1 fully saturated rings. The van der Waals surface area contributed by atoms with Gasteiger partial charge in [0.15, 0.2) is 0 Å². The Labute approximate surface area is 149 Å². The summed E-state index contributed by atoms with van der Waals surface area (Å²) in [5, 5.41) is 3.27. The molecule has 1 aliphatic heterocycles. The SMILES string of the molecule is CCOC(=O)c1ccc(C)c(S(=O)(=O)NC2CCCNC2C)c1.Cl. The number of nitrogens with one attached hydrogen (secondary N) is 2. The summed E-state index contributed by atoms with van der Waals surface area (Å²) in [7, 11) is -3.69. The van der Waals surface area contributed by atoms with Crippen molar-refractivity contribution in [1.82, 2.24) is 10.0 Å². The second kappa shape index (κ2) is 8.80. The fraction of sp³-hybridized carbons (Fsp3) is 0.562. The number of hydrogen-bond donors (Lipinski definition) is 2. The monoisotopic (exact) mass is 376 g/mol. The molecule has 24 heavy (non-hydrogen) atoms. The van der Waals surface area contributed by atoms with Crippen LogP contribution in [0.15, 0.2) is 23.1 Å². The molecule has 6 nitrogen and oxygen atoms in total. The molecule has 1 saturated heterocycles. The van der Waals surface area contributed by atoms with Crippen molar-refractivity contribution < 1.29 is 17.9 Å². The maximum atomic E-state index is 12.7. The van der Waals surface area contributed by atoms with E-state index in [9.17, 15) is 13.2 Å². The lowest BCUT2D eigenvalue weighted by Gasteiger charge is -2.30. The standard InChI is InChI=1S/C16H24N2O4S.ClH/c1-4-22-16(19)13-8-7-11(2)15(10-13)23(20,21)18-14-6-5-9-17-12(14)3;/h7-8,10,12,14,17-18H,4-6,9H2,1-3H3;1H. The molecular weight excluding hydrogens is 352 g/mol. The topological polar surface area (TPSA) is 84.5 Å². The number of halogens is 1. The van der Waals surface area contributed by atoms with E-state index in [-0.39, 0.29) is 41.6 Å². The third-order valence-electron chi connectivity index (χ3n) is 4.06. The van der Waals surface area contributed by atoms with Crippen LogP contribution in [0.25, 0.3) is 0 Å². The molecular formula is C16H25ClN2O4S. The van der Waals surface area contributed by atoms with Crippen LogP contribution >= 0.6 is 12.4 Å². The van der Waals surface area contributed by atoms with Crippen LogP contribution in [0.3, 0.4) is 0 Å². The van der Waals surface area contributed by atoms with E-state index in [1.54, 1.807) is 26.0 Å². The summed E-state index contributed by atoms with van der Waals surface area (Å²) in [6, 6.07) is 4.52. The average molecular weight is 377 g/mol. The Morgan fingerprint density at radius 2 is 2.12 bits per heavy atom. The van der Waals surface area contributed by atoms with Gasteiger partial charge in [-0.05, 0) is 57.9 Å². The molecule has 0 bridgehead atoms. The fourth-order valence-corrected chi connectivity index (χ4v) is 4.32. The van der Waals surface area contributed by atoms with E-state index in [0.717, 1.165) is 19.4 Å². The summed E-state index contributed by atoms with van der Waals surface area (Å²) in [5.74, 6) is -0.517. The van der Waals surface area contributed by atoms with Crippen LogP contribution in [0.2, 0.25) is 0 Å². The van der Waals surface area contributed by atoms with E-state index in [4.69, 9.17) is 4.74 Å². The highest BCUT2D eigenvalue weighted by molar-refractivity contribution is 7.89. The summed E-state index contributed by atoms with van der Waals surface area (Å²) in [6.45, 7) is 6.54. The van der Waals surface area contributed by atoms with Crippen LogP contribution in [0.1, 0.15) is 42.6 Å². The molecule has 0 aliphatic carbocycles. The first-order chi connectivity index (χ1) is 10.8. The number of hydrogen-bond acceptors (Lipinski definition) is 5. The number of rotatable bonds is 5. The molecule has 1 aromatic carbocycles. The third kappa shape index (κ3) is 4.92. The first-order valence-electron chi connectivity index (χ1n) is 7.88. The molecule has 0 amide bonds. The second-order valence-electron chi connectivity index (χ2n) is 5.81. The van der Waals surface area contributed by atoms with Crippen LogP contribution in [-0.4, -0.2) is 39.6 Å². The molecule has 0 radical (unpaired) electrons. The normalized spacial score (nSPS) is 21.0. The largest absolute Gasteiger partial charge is 0.462 e. The summed E-state index contributed by atoms with van der Waals surface area (Å²) in [5.41, 5.74) is 0.842. The number of sulfonamides is 1. The van der Waals surface area contributed by atoms with Crippen molar-refractivity contribution in [2.45, 2.75) is 50.6 Å². The Kier molecular flexibility index (Phi) is 7.66. The van der Waals surface area contributed by atoms with Crippen LogP contribution in [0.4, 0.5) is 0 Å². The molecule has 0 spiro atoms. The summed E-state index contributed by atoms with van der Waals surface area (Å²) in [6.07, 6.45) is 1.73. The molecule has 0 aromatic heterocycles. The number of benzene rings is 1. The van der Waals surface area contributed by atoms with Crippen molar-refractivity contribution in [1.29, 1.82) is 0 Å². The lowest BCUT2D eigenvalue weighted by Crippen LogP contribution is -2.51. The highest BCUT2D eigenvalue weighted by Gasteiger charge is 2.28. The number of esters is 1. The predicted molar refractivity (Wildman–Crippen MR) is 95.2 cm³/mol. The van der Waals surface area contributed by atoms with Crippen molar-refractivity contribution in [3.8, 4) is 0 Å². The van der Waals surface area contributed by atoms with Gasteiger partial charge in [-0.1, -0.05) is 6.07 Å². The number of carbonyl (C=O) groups excluding carboxylic acids is 1. The molecule has 2 unspecified atom stereocenters. The molecule has 2 N–H and O–H groups in total. The van der Waals surface area contributed by atoms with E-state index in [1.807, 2.05) is 6.92 Å². The lowest BCUT2D eigenvalue weighted by atomic mass is 10.0. The average Bonchev–Trinajstić information content (AvgIpc) is 2.50. The third-order valence-corrected chi connectivity index (χ3v) is 5.69. The van der Waals surface area contributed by atoms with Crippen LogP contribution in [0.5, 0.6) is 0 Å². The Balaban J connectivity index is 0.00000288. The fourth-order valence-electron chi connectivity index (χ4n) is 2.70. The van der Waals surface area contributed by atoms with Crippen molar-refractivity contribution in [2.75, 3.05) is 13.2 Å². The zero-order valence-corrected chi connectivity index (χ0v) is 15.8. The maximum absolute atomic E-state index is 12.7. The second-order valence-corrected chi connectivity index (χ2v) is 7.50. The molecule has 0 saturated carbocycles. The Morgan fingerprint density at radius 1 is 1.42 bits per heavy atom. The van der Waals surface area contributed by atoms with E-state index in [2.05, 4.69) is 10.0 Å². The number of ether oxygens (including phenoxy) is 1. The van der Waals surface area contributed by atoms with E-state index in [0.29, 0.717) is 5.56 Å². The summed E-state index contributed by atoms with van der Waals surface area (Å²) >= 11 is 0. The van der Waals surface area contributed by atoms with E-state index >= 15 is 0 Å². The zero-order valence-electron chi connectivity index (χ0n) is 14.2. The smallest absolute Gasteiger partial charge is 0.338 e. The van der Waals surface area contributed by atoms with Gasteiger partial charge in [0, 0.05) is 12.1 Å². The minimum Gasteiger partial charge on any atom is -0.462 e. The number of carbonyl (C=O) groups is 1. The lowest BCUT2D eigenvalue weighted by molar-refractivity contribution is 0.0526. The van der Waals surface area contributed by atoms with E-state index in [1.165, 1.54) is 6.07 Å². The van der Waals surface area contributed by atoms with E-state index < -0.39 is 16.0 Å². The first-order valence-corrected chi connectivity index (χ1v) is 9.37. The zero-order chi connectivity index (χ0) is 17.0. The Hall–Kier alpha value is -1.15. The maximum Gasteiger partial charge on any atom is 0.338 e. The summed E-state index contributed by atoms with van der Waals surface area (Å²) < 4.78 is 33.1. The molecule has 8 heteroatoms. The quantitative estimate of drug-likeness (QED) is 0.768. The highest BCUT2D eigenvalue weighted by atomic mass is 35.5. The molecule has 2 atom stereocenters. The Bertz CT molecular complexity index is 679. The highest BCUT2D eigenvalue weighted by Crippen LogP contribution is 2.20. The van der Waals surface area contributed by atoms with Gasteiger partial charge < -0.3 is 10.1 Å². The van der Waals surface area contributed by atoms with Gasteiger partial charge in [-0.25, -0.2) is 17.9 Å².